The van der Waals surface area contributed by atoms with E-state index in [0.29, 0.717) is 24.5 Å². The topological polar surface area (TPSA) is 85.0 Å². The zero-order chi connectivity index (χ0) is 23.0. The molecule has 2 aliphatic heterocycles. The van der Waals surface area contributed by atoms with Crippen molar-refractivity contribution in [1.82, 2.24) is 15.5 Å². The van der Waals surface area contributed by atoms with Gasteiger partial charge in [0.1, 0.15) is 13.1 Å². The molecule has 0 aromatic heterocycles. The predicted molar refractivity (Wildman–Crippen MR) is 128 cm³/mol. The van der Waals surface area contributed by atoms with Crippen LogP contribution in [0.15, 0.2) is 54.6 Å². The number of nitrogens with zero attached hydrogens (tertiary/aromatic N) is 3. The van der Waals surface area contributed by atoms with Crippen molar-refractivity contribution in [3.8, 4) is 0 Å². The summed E-state index contributed by atoms with van der Waals surface area (Å²) in [4.78, 5) is 43.6. The summed E-state index contributed by atoms with van der Waals surface area (Å²) in [6.45, 7) is 3.75. The van der Waals surface area contributed by atoms with Gasteiger partial charge in [-0.05, 0) is 43.6 Å². The van der Waals surface area contributed by atoms with E-state index < -0.39 is 0 Å². The van der Waals surface area contributed by atoms with Crippen LogP contribution in [0.5, 0.6) is 0 Å². The number of likely N-dealkylation sites (tertiary alicyclic amines) is 1. The lowest BCUT2D eigenvalue weighted by atomic mass is 10.1. The molecule has 0 radical (unpaired) electrons. The molecule has 1 fully saturated rings. The SMILES string of the molecule is O=C(CN1C(=O)CN(C(=O)NCc2ccccc2)c2ccccc21)NCCN1CCCCC1. The van der Waals surface area contributed by atoms with Crippen LogP contribution in [0, 0.1) is 0 Å². The number of nitrogens with one attached hydrogen (secondary N) is 2. The lowest BCUT2D eigenvalue weighted by Gasteiger charge is -2.35. The first-order chi connectivity index (χ1) is 16.1. The van der Waals surface area contributed by atoms with Gasteiger partial charge in [-0.1, -0.05) is 48.9 Å². The van der Waals surface area contributed by atoms with Crippen LogP contribution in [-0.2, 0) is 16.1 Å². The molecule has 2 aromatic carbocycles. The van der Waals surface area contributed by atoms with Crippen molar-refractivity contribution in [3.05, 3.63) is 60.2 Å². The monoisotopic (exact) mass is 449 g/mol. The maximum atomic E-state index is 12.9. The Labute approximate surface area is 194 Å². The van der Waals surface area contributed by atoms with Crippen molar-refractivity contribution in [1.29, 1.82) is 0 Å². The first-order valence-corrected chi connectivity index (χ1v) is 11.6. The maximum Gasteiger partial charge on any atom is 0.322 e. The number of fused-ring (bicyclic) bond motifs is 1. The molecule has 0 bridgehead atoms. The van der Waals surface area contributed by atoms with Crippen molar-refractivity contribution in [2.24, 2.45) is 0 Å². The van der Waals surface area contributed by atoms with Crippen molar-refractivity contribution in [2.45, 2.75) is 25.8 Å². The highest BCUT2D eigenvalue weighted by atomic mass is 16.2. The Kier molecular flexibility index (Phi) is 7.57. The Balaban J connectivity index is 1.36. The van der Waals surface area contributed by atoms with E-state index >= 15 is 0 Å². The summed E-state index contributed by atoms with van der Waals surface area (Å²) in [7, 11) is 0. The van der Waals surface area contributed by atoms with Crippen molar-refractivity contribution >= 4 is 29.2 Å². The van der Waals surface area contributed by atoms with Gasteiger partial charge in [0, 0.05) is 19.6 Å². The molecule has 4 rings (SSSR count). The molecule has 2 aliphatic rings. The van der Waals surface area contributed by atoms with E-state index in [9.17, 15) is 14.4 Å². The number of para-hydroxylation sites is 2. The number of carbonyl (C=O) groups excluding carboxylic acids is 3. The molecule has 4 amide bonds. The molecule has 0 aliphatic carbocycles. The smallest absolute Gasteiger partial charge is 0.322 e. The van der Waals surface area contributed by atoms with Crippen LogP contribution in [-0.4, -0.2) is 62.0 Å². The van der Waals surface area contributed by atoms with Crippen LogP contribution in [0.25, 0.3) is 0 Å². The number of rotatable bonds is 7. The number of hydrogen-bond acceptors (Lipinski definition) is 4. The molecule has 8 heteroatoms. The molecule has 8 nitrogen and oxygen atoms in total. The van der Waals surface area contributed by atoms with Gasteiger partial charge >= 0.3 is 6.03 Å². The van der Waals surface area contributed by atoms with Gasteiger partial charge in [-0.3, -0.25) is 19.4 Å². The fourth-order valence-corrected chi connectivity index (χ4v) is 4.32. The lowest BCUT2D eigenvalue weighted by Crippen LogP contribution is -2.53. The van der Waals surface area contributed by atoms with Crippen LogP contribution < -0.4 is 20.4 Å². The molecule has 2 N–H and O–H groups in total. The van der Waals surface area contributed by atoms with Crippen LogP contribution in [0.2, 0.25) is 0 Å². The van der Waals surface area contributed by atoms with Gasteiger partial charge in [-0.2, -0.15) is 0 Å². The first-order valence-electron chi connectivity index (χ1n) is 11.6. The molecule has 0 atom stereocenters. The highest BCUT2D eigenvalue weighted by molar-refractivity contribution is 6.12. The number of piperidine rings is 1. The molecule has 33 heavy (non-hydrogen) atoms. The van der Waals surface area contributed by atoms with E-state index in [0.717, 1.165) is 25.2 Å². The molecule has 0 spiro atoms. The average molecular weight is 450 g/mol. The number of benzene rings is 2. The Bertz CT molecular complexity index is 975. The first kappa shape index (κ1) is 22.8. The van der Waals surface area contributed by atoms with Crippen LogP contribution in [0.1, 0.15) is 24.8 Å². The minimum absolute atomic E-state index is 0.0602. The fourth-order valence-electron chi connectivity index (χ4n) is 4.32. The van der Waals surface area contributed by atoms with Gasteiger partial charge in [0.15, 0.2) is 0 Å². The molecule has 2 heterocycles. The quantitative estimate of drug-likeness (QED) is 0.680. The second kappa shape index (κ2) is 11.0. The van der Waals surface area contributed by atoms with Gasteiger partial charge in [-0.25, -0.2) is 4.79 Å². The van der Waals surface area contributed by atoms with E-state index in [2.05, 4.69) is 15.5 Å². The van der Waals surface area contributed by atoms with Gasteiger partial charge in [0.25, 0.3) is 0 Å². The normalized spacial score (nSPS) is 16.3. The standard InChI is InChI=1S/C25H31N5O3/c31-23(26-13-16-28-14-7-2-8-15-28)18-29-21-11-5-6-12-22(21)30(19-24(29)32)25(33)27-17-20-9-3-1-4-10-20/h1,3-6,9-12H,2,7-8,13-19H2,(H,26,31)(H,27,33). The van der Waals surface area contributed by atoms with Gasteiger partial charge in [-0.15, -0.1) is 0 Å². The van der Waals surface area contributed by atoms with E-state index in [-0.39, 0.29) is 30.9 Å². The van der Waals surface area contributed by atoms with Gasteiger partial charge in [0.05, 0.1) is 11.4 Å². The summed E-state index contributed by atoms with van der Waals surface area (Å²) < 4.78 is 0. The highest BCUT2D eigenvalue weighted by Gasteiger charge is 2.33. The molecule has 2 aromatic rings. The number of hydrogen-bond donors (Lipinski definition) is 2. The third-order valence-corrected chi connectivity index (χ3v) is 6.09. The number of amides is 4. The molecular weight excluding hydrogens is 418 g/mol. The summed E-state index contributed by atoms with van der Waals surface area (Å²) in [5, 5.41) is 5.81. The largest absolute Gasteiger partial charge is 0.353 e. The van der Waals surface area contributed by atoms with E-state index in [4.69, 9.17) is 0 Å². The Morgan fingerprint density at radius 2 is 1.55 bits per heavy atom. The Morgan fingerprint density at radius 3 is 2.30 bits per heavy atom. The van der Waals surface area contributed by atoms with E-state index in [1.54, 1.807) is 18.2 Å². The minimum atomic E-state index is -0.342. The minimum Gasteiger partial charge on any atom is -0.353 e. The number of anilines is 2. The molecule has 0 saturated carbocycles. The lowest BCUT2D eigenvalue weighted by molar-refractivity contribution is -0.123. The Hall–Kier alpha value is -3.39. The third-order valence-electron chi connectivity index (χ3n) is 6.09. The summed E-state index contributed by atoms with van der Waals surface area (Å²) in [5.74, 6) is -0.480. The predicted octanol–water partition coefficient (Wildman–Crippen LogP) is 2.35. The zero-order valence-corrected chi connectivity index (χ0v) is 18.8. The summed E-state index contributed by atoms with van der Waals surface area (Å²) >= 11 is 0. The van der Waals surface area contributed by atoms with E-state index in [1.165, 1.54) is 29.1 Å². The fraction of sp³-hybridized carbons (Fsp3) is 0.400. The highest BCUT2D eigenvalue weighted by Crippen LogP contribution is 2.33. The van der Waals surface area contributed by atoms with Gasteiger partial charge < -0.3 is 15.5 Å². The molecule has 174 valence electrons. The average Bonchev–Trinajstić information content (AvgIpc) is 2.85. The van der Waals surface area contributed by atoms with Crippen molar-refractivity contribution < 1.29 is 14.4 Å². The summed E-state index contributed by atoms with van der Waals surface area (Å²) in [5.41, 5.74) is 2.16. The van der Waals surface area contributed by atoms with Crippen molar-refractivity contribution in [3.63, 3.8) is 0 Å². The number of urea groups is 1. The maximum absolute atomic E-state index is 12.9. The van der Waals surface area contributed by atoms with E-state index in [1.807, 2.05) is 36.4 Å². The molecule has 1 saturated heterocycles. The zero-order valence-electron chi connectivity index (χ0n) is 18.8. The van der Waals surface area contributed by atoms with Crippen LogP contribution in [0.3, 0.4) is 0 Å². The third kappa shape index (κ3) is 5.90. The molecule has 0 unspecified atom stereocenters. The summed E-state index contributed by atoms with van der Waals surface area (Å²) in [6.07, 6.45) is 3.70. The van der Waals surface area contributed by atoms with Crippen LogP contribution >= 0.6 is 0 Å². The molecular formula is C25H31N5O3. The van der Waals surface area contributed by atoms with Crippen molar-refractivity contribution in [2.75, 3.05) is 49.1 Å². The summed E-state index contributed by atoms with van der Waals surface area (Å²) in [6, 6.07) is 16.5. The second-order valence-electron chi connectivity index (χ2n) is 8.45. The van der Waals surface area contributed by atoms with Gasteiger partial charge in [0.2, 0.25) is 11.8 Å². The van der Waals surface area contributed by atoms with Crippen LogP contribution in [0.4, 0.5) is 16.2 Å². The Morgan fingerprint density at radius 1 is 0.848 bits per heavy atom. The number of carbonyl (C=O) groups is 3. The second-order valence-corrected chi connectivity index (χ2v) is 8.45.